The van der Waals surface area contributed by atoms with Gasteiger partial charge in [-0.2, -0.15) is 0 Å². The molecule has 4 heterocycles. The lowest BCUT2D eigenvalue weighted by molar-refractivity contribution is 0.122. The summed E-state index contributed by atoms with van der Waals surface area (Å²) in [5.41, 5.74) is 2.20. The van der Waals surface area contributed by atoms with Gasteiger partial charge < -0.3 is 19.0 Å². The number of hydrogen-bond acceptors (Lipinski definition) is 8. The Bertz CT molecular complexity index is 1110. The number of ether oxygens (including phenoxy) is 1. The van der Waals surface area contributed by atoms with Crippen molar-refractivity contribution in [2.24, 2.45) is 0 Å². The van der Waals surface area contributed by atoms with E-state index in [1.54, 1.807) is 18.3 Å². The maximum atomic E-state index is 13.0. The summed E-state index contributed by atoms with van der Waals surface area (Å²) in [5, 5.41) is 10.9. The number of nitrogens with zero attached hydrogens (tertiary/aromatic N) is 5. The van der Waals surface area contributed by atoms with E-state index in [-0.39, 0.29) is 30.1 Å². The molecule has 0 atom stereocenters. The molecule has 0 bridgehead atoms. The highest BCUT2D eigenvalue weighted by molar-refractivity contribution is 5.85. The van der Waals surface area contributed by atoms with Crippen LogP contribution in [0.1, 0.15) is 0 Å². The van der Waals surface area contributed by atoms with Crippen LogP contribution in [-0.4, -0.2) is 51.5 Å². The fraction of sp³-hybridized carbons (Fsp3) is 0.222. The first-order chi connectivity index (χ1) is 13.7. The van der Waals surface area contributed by atoms with E-state index in [2.05, 4.69) is 35.4 Å². The predicted molar refractivity (Wildman–Crippen MR) is 107 cm³/mol. The van der Waals surface area contributed by atoms with Gasteiger partial charge >= 0.3 is 6.01 Å². The number of benzene rings is 1. The minimum atomic E-state index is -0.325. The standard InChI is InChI=1S/C18H16FN7O2.ClH/c19-12-3-1-11(2-4-12)16-24-25-18(28-16)23-17-21-13-9-15(20-10-14(13)22-17)26-5-7-27-8-6-26;/h1-4,9-10H,5-8H2,(H2,21,22,23,25);1H. The SMILES string of the molecule is Cl.Fc1ccc(-c2nnc(Nc3nc4cnc(N5CCOCC5)cc4[nH]3)o2)cc1. The third-order valence-electron chi connectivity index (χ3n) is 4.43. The molecule has 0 radical (unpaired) electrons. The number of imidazole rings is 1. The van der Waals surface area contributed by atoms with Gasteiger partial charge in [-0.15, -0.1) is 17.5 Å². The van der Waals surface area contributed by atoms with E-state index in [4.69, 9.17) is 9.15 Å². The molecule has 2 N–H and O–H groups in total. The van der Waals surface area contributed by atoms with Crippen LogP contribution in [0.15, 0.2) is 40.9 Å². The Morgan fingerprint density at radius 3 is 2.69 bits per heavy atom. The third-order valence-corrected chi connectivity index (χ3v) is 4.43. The molecule has 1 fully saturated rings. The van der Waals surface area contributed by atoms with Crippen LogP contribution in [0.2, 0.25) is 0 Å². The van der Waals surface area contributed by atoms with Crippen LogP contribution < -0.4 is 10.2 Å². The van der Waals surface area contributed by atoms with E-state index in [9.17, 15) is 4.39 Å². The second-order valence-electron chi connectivity index (χ2n) is 6.29. The zero-order chi connectivity index (χ0) is 18.9. The first kappa shape index (κ1) is 19.1. The Hall–Kier alpha value is -3.24. The van der Waals surface area contributed by atoms with Gasteiger partial charge in [0.2, 0.25) is 11.8 Å². The van der Waals surface area contributed by atoms with Crippen molar-refractivity contribution in [3.05, 3.63) is 42.3 Å². The van der Waals surface area contributed by atoms with E-state index in [0.29, 0.717) is 24.7 Å². The largest absolute Gasteiger partial charge is 0.403 e. The highest BCUT2D eigenvalue weighted by Crippen LogP contribution is 2.24. The molecular weight excluding hydrogens is 401 g/mol. The summed E-state index contributed by atoms with van der Waals surface area (Å²) in [6, 6.07) is 7.96. The molecule has 1 saturated heterocycles. The Morgan fingerprint density at radius 2 is 1.90 bits per heavy atom. The number of aromatic nitrogens is 5. The minimum Gasteiger partial charge on any atom is -0.403 e. The van der Waals surface area contributed by atoms with Gasteiger partial charge in [-0.25, -0.2) is 14.4 Å². The average molecular weight is 418 g/mol. The predicted octanol–water partition coefficient (Wildman–Crippen LogP) is 3.15. The van der Waals surface area contributed by atoms with Crippen LogP contribution in [0, 0.1) is 5.82 Å². The summed E-state index contributed by atoms with van der Waals surface area (Å²) in [6.07, 6.45) is 1.72. The Balaban J connectivity index is 0.00000205. The van der Waals surface area contributed by atoms with Crippen molar-refractivity contribution in [2.75, 3.05) is 36.5 Å². The van der Waals surface area contributed by atoms with Gasteiger partial charge in [0.05, 0.1) is 24.9 Å². The molecule has 9 nitrogen and oxygen atoms in total. The van der Waals surface area contributed by atoms with Crippen molar-refractivity contribution in [3.63, 3.8) is 0 Å². The first-order valence-electron chi connectivity index (χ1n) is 8.79. The van der Waals surface area contributed by atoms with Crippen LogP contribution in [0.25, 0.3) is 22.5 Å². The number of halogens is 2. The van der Waals surface area contributed by atoms with E-state index in [0.717, 1.165) is 29.9 Å². The maximum Gasteiger partial charge on any atom is 0.322 e. The van der Waals surface area contributed by atoms with Gasteiger partial charge in [0.1, 0.15) is 17.2 Å². The minimum absolute atomic E-state index is 0. The van der Waals surface area contributed by atoms with Crippen molar-refractivity contribution in [1.82, 2.24) is 25.1 Å². The molecule has 29 heavy (non-hydrogen) atoms. The lowest BCUT2D eigenvalue weighted by Gasteiger charge is -2.27. The quantitative estimate of drug-likeness (QED) is 0.521. The van der Waals surface area contributed by atoms with Gasteiger partial charge in [0.25, 0.3) is 0 Å². The van der Waals surface area contributed by atoms with Crippen molar-refractivity contribution >= 4 is 41.2 Å². The Kier molecular flexibility index (Phi) is 5.28. The second kappa shape index (κ2) is 8.02. The highest BCUT2D eigenvalue weighted by Gasteiger charge is 2.15. The van der Waals surface area contributed by atoms with Crippen LogP contribution in [0.5, 0.6) is 0 Å². The number of aromatic amines is 1. The van der Waals surface area contributed by atoms with E-state index in [1.165, 1.54) is 12.1 Å². The summed E-state index contributed by atoms with van der Waals surface area (Å²) in [7, 11) is 0. The second-order valence-corrected chi connectivity index (χ2v) is 6.29. The number of H-pyrrole nitrogens is 1. The Labute approximate surface area is 170 Å². The molecule has 0 amide bonds. The number of fused-ring (bicyclic) bond motifs is 1. The molecular formula is C18H17ClFN7O2. The molecule has 1 aliphatic rings. The molecule has 0 aliphatic carbocycles. The monoisotopic (exact) mass is 417 g/mol. The number of morpholine rings is 1. The molecule has 1 aromatic carbocycles. The molecule has 4 aromatic rings. The zero-order valence-electron chi connectivity index (χ0n) is 15.1. The summed E-state index contributed by atoms with van der Waals surface area (Å²) >= 11 is 0. The molecule has 0 unspecified atom stereocenters. The topological polar surface area (TPSA) is 105 Å². The molecule has 11 heteroatoms. The van der Waals surface area contributed by atoms with Crippen molar-refractivity contribution in [1.29, 1.82) is 0 Å². The van der Waals surface area contributed by atoms with E-state index < -0.39 is 0 Å². The fourth-order valence-electron chi connectivity index (χ4n) is 3.01. The summed E-state index contributed by atoms with van der Waals surface area (Å²) in [5.74, 6) is 1.30. The number of hydrogen-bond donors (Lipinski definition) is 2. The molecule has 3 aromatic heterocycles. The third kappa shape index (κ3) is 3.98. The molecule has 0 saturated carbocycles. The van der Waals surface area contributed by atoms with E-state index >= 15 is 0 Å². The van der Waals surface area contributed by atoms with Crippen molar-refractivity contribution < 1.29 is 13.5 Å². The fourth-order valence-corrected chi connectivity index (χ4v) is 3.01. The van der Waals surface area contributed by atoms with Gasteiger partial charge in [-0.1, -0.05) is 5.10 Å². The van der Waals surface area contributed by atoms with Crippen molar-refractivity contribution in [2.45, 2.75) is 0 Å². The highest BCUT2D eigenvalue weighted by atomic mass is 35.5. The number of anilines is 3. The summed E-state index contributed by atoms with van der Waals surface area (Å²) < 4.78 is 24.0. The Morgan fingerprint density at radius 1 is 1.10 bits per heavy atom. The molecule has 0 spiro atoms. The average Bonchev–Trinajstić information content (AvgIpc) is 3.35. The van der Waals surface area contributed by atoms with E-state index in [1.807, 2.05) is 6.07 Å². The lowest BCUT2D eigenvalue weighted by Crippen LogP contribution is -2.36. The number of rotatable bonds is 4. The lowest BCUT2D eigenvalue weighted by atomic mass is 10.2. The van der Waals surface area contributed by atoms with Crippen LogP contribution in [0.4, 0.5) is 22.2 Å². The smallest absolute Gasteiger partial charge is 0.322 e. The maximum absolute atomic E-state index is 13.0. The van der Waals surface area contributed by atoms with Gasteiger partial charge in [0.15, 0.2) is 0 Å². The first-order valence-corrected chi connectivity index (χ1v) is 8.79. The molecule has 150 valence electrons. The summed E-state index contributed by atoms with van der Waals surface area (Å²) in [4.78, 5) is 14.3. The van der Waals surface area contributed by atoms with Crippen LogP contribution >= 0.6 is 12.4 Å². The number of pyridine rings is 1. The number of nitrogens with one attached hydrogen (secondary N) is 2. The molecule has 5 rings (SSSR count). The zero-order valence-corrected chi connectivity index (χ0v) is 15.9. The molecule has 1 aliphatic heterocycles. The normalized spacial score (nSPS) is 14.0. The summed E-state index contributed by atoms with van der Waals surface area (Å²) in [6.45, 7) is 3.02. The van der Waals surface area contributed by atoms with Gasteiger partial charge in [-0.3, -0.25) is 5.32 Å². The van der Waals surface area contributed by atoms with Crippen LogP contribution in [-0.2, 0) is 4.74 Å². The van der Waals surface area contributed by atoms with Crippen LogP contribution in [0.3, 0.4) is 0 Å². The van der Waals surface area contributed by atoms with Gasteiger partial charge in [-0.05, 0) is 24.3 Å². The van der Waals surface area contributed by atoms with Crippen molar-refractivity contribution in [3.8, 4) is 11.5 Å². The van der Waals surface area contributed by atoms with Gasteiger partial charge in [0, 0.05) is 24.7 Å².